The van der Waals surface area contributed by atoms with Crippen molar-refractivity contribution in [1.29, 1.82) is 0 Å². The second-order valence-corrected chi connectivity index (χ2v) is 3.40. The van der Waals surface area contributed by atoms with Crippen molar-refractivity contribution in [3.63, 3.8) is 0 Å². The van der Waals surface area contributed by atoms with E-state index in [1.54, 1.807) is 0 Å². The van der Waals surface area contributed by atoms with Crippen LogP contribution in [0.2, 0.25) is 0 Å². The molecule has 0 radical (unpaired) electrons. The summed E-state index contributed by atoms with van der Waals surface area (Å²) in [6, 6.07) is 0. The van der Waals surface area contributed by atoms with Gasteiger partial charge in [-0.2, -0.15) is 13.2 Å². The molecular formula is C8H12F3NO2. The molecule has 14 heavy (non-hydrogen) atoms. The average molecular weight is 211 g/mol. The topological polar surface area (TPSA) is 40.5 Å². The number of alkyl halides is 3. The van der Waals surface area contributed by atoms with Gasteiger partial charge < -0.3 is 5.11 Å². The molecule has 1 fully saturated rings. The summed E-state index contributed by atoms with van der Waals surface area (Å²) in [5.41, 5.74) is 0. The zero-order chi connectivity index (χ0) is 10.8. The van der Waals surface area contributed by atoms with Crippen LogP contribution >= 0.6 is 0 Å². The van der Waals surface area contributed by atoms with Crippen molar-refractivity contribution in [2.24, 2.45) is 0 Å². The van der Waals surface area contributed by atoms with Crippen LogP contribution in [0.3, 0.4) is 0 Å². The van der Waals surface area contributed by atoms with Gasteiger partial charge in [-0.05, 0) is 0 Å². The van der Waals surface area contributed by atoms with Crippen LogP contribution in [0, 0.1) is 0 Å². The second-order valence-electron chi connectivity index (χ2n) is 3.40. The Morgan fingerprint density at radius 1 is 1.36 bits per heavy atom. The van der Waals surface area contributed by atoms with Gasteiger partial charge in [0.15, 0.2) is 6.10 Å². The van der Waals surface area contributed by atoms with Crippen LogP contribution in [0.4, 0.5) is 13.2 Å². The zero-order valence-electron chi connectivity index (χ0n) is 7.55. The maximum atomic E-state index is 11.9. The predicted octanol–water partition coefficient (Wildman–Crippen LogP) is 0.575. The first-order valence-corrected chi connectivity index (χ1v) is 4.38. The van der Waals surface area contributed by atoms with Crippen LogP contribution < -0.4 is 0 Å². The highest BCUT2D eigenvalue weighted by molar-refractivity contribution is 5.79. The van der Waals surface area contributed by atoms with Gasteiger partial charge in [-0.15, -0.1) is 0 Å². The number of ketones is 1. The largest absolute Gasteiger partial charge is 0.415 e. The van der Waals surface area contributed by atoms with Crippen LogP contribution in [0.25, 0.3) is 0 Å². The minimum Gasteiger partial charge on any atom is -0.382 e. The Bertz CT molecular complexity index is 207. The standard InChI is InChI=1S/C8H12F3NO2/c9-8(10,11)7(14)5-12-3-1-6(13)2-4-12/h7,14H,1-5H2. The predicted molar refractivity (Wildman–Crippen MR) is 42.7 cm³/mol. The molecule has 0 amide bonds. The molecule has 1 N–H and O–H groups in total. The van der Waals surface area contributed by atoms with E-state index in [1.807, 2.05) is 0 Å². The molecule has 1 rings (SSSR count). The van der Waals surface area contributed by atoms with Crippen LogP contribution in [-0.2, 0) is 4.79 Å². The van der Waals surface area contributed by atoms with Crippen molar-refractivity contribution in [2.45, 2.75) is 25.1 Å². The Morgan fingerprint density at radius 3 is 2.29 bits per heavy atom. The van der Waals surface area contributed by atoms with Gasteiger partial charge in [0.05, 0.1) is 0 Å². The molecule has 1 saturated heterocycles. The van der Waals surface area contributed by atoms with Crippen molar-refractivity contribution in [3.8, 4) is 0 Å². The summed E-state index contributed by atoms with van der Waals surface area (Å²) in [6.07, 6.45) is -6.31. The fraction of sp³-hybridized carbons (Fsp3) is 0.875. The van der Waals surface area contributed by atoms with Crippen molar-refractivity contribution >= 4 is 5.78 Å². The van der Waals surface area contributed by atoms with Gasteiger partial charge in [-0.3, -0.25) is 9.69 Å². The van der Waals surface area contributed by atoms with E-state index >= 15 is 0 Å². The molecule has 3 nitrogen and oxygen atoms in total. The smallest absolute Gasteiger partial charge is 0.382 e. The molecule has 1 aliphatic heterocycles. The fourth-order valence-electron chi connectivity index (χ4n) is 1.33. The molecule has 0 aromatic carbocycles. The SMILES string of the molecule is O=C1CCN(CC(O)C(F)(F)F)CC1. The lowest BCUT2D eigenvalue weighted by molar-refractivity contribution is -0.208. The van der Waals surface area contributed by atoms with Gasteiger partial charge >= 0.3 is 6.18 Å². The summed E-state index contributed by atoms with van der Waals surface area (Å²) in [7, 11) is 0. The molecule has 0 aromatic rings. The second kappa shape index (κ2) is 4.27. The summed E-state index contributed by atoms with van der Waals surface area (Å²) < 4.78 is 35.8. The van der Waals surface area contributed by atoms with E-state index in [0.717, 1.165) is 0 Å². The van der Waals surface area contributed by atoms with Crippen molar-refractivity contribution < 1.29 is 23.1 Å². The highest BCUT2D eigenvalue weighted by Crippen LogP contribution is 2.21. The first-order chi connectivity index (χ1) is 6.39. The number of Topliss-reactive ketones (excluding diaryl/α,β-unsaturated/α-hetero) is 1. The number of nitrogens with zero attached hydrogens (tertiary/aromatic N) is 1. The van der Waals surface area contributed by atoms with E-state index in [2.05, 4.69) is 0 Å². The van der Waals surface area contributed by atoms with Crippen molar-refractivity contribution in [1.82, 2.24) is 4.90 Å². The van der Waals surface area contributed by atoms with Crippen LogP contribution in [0.1, 0.15) is 12.8 Å². The Balaban J connectivity index is 2.34. The van der Waals surface area contributed by atoms with Gasteiger partial charge in [0.2, 0.25) is 0 Å². The summed E-state index contributed by atoms with van der Waals surface area (Å²) in [4.78, 5) is 12.2. The molecule has 0 saturated carbocycles. The maximum absolute atomic E-state index is 11.9. The monoisotopic (exact) mass is 211 g/mol. The highest BCUT2D eigenvalue weighted by atomic mass is 19.4. The summed E-state index contributed by atoms with van der Waals surface area (Å²) >= 11 is 0. The van der Waals surface area contributed by atoms with E-state index in [4.69, 9.17) is 5.11 Å². The van der Waals surface area contributed by atoms with Gasteiger partial charge in [-0.1, -0.05) is 0 Å². The number of aliphatic hydroxyl groups excluding tert-OH is 1. The fourth-order valence-corrected chi connectivity index (χ4v) is 1.33. The first kappa shape index (κ1) is 11.5. The maximum Gasteiger partial charge on any atom is 0.415 e. The van der Waals surface area contributed by atoms with Crippen molar-refractivity contribution in [2.75, 3.05) is 19.6 Å². The number of aliphatic hydroxyl groups is 1. The number of β-amino-alcohol motifs (C(OH)–C–C–N with tert-alkyl or cyclic N) is 1. The first-order valence-electron chi connectivity index (χ1n) is 4.38. The van der Waals surface area contributed by atoms with Gasteiger partial charge in [0, 0.05) is 32.5 Å². The molecule has 6 heteroatoms. The normalized spacial score (nSPS) is 22.4. The number of halogens is 3. The van der Waals surface area contributed by atoms with E-state index in [1.165, 1.54) is 4.90 Å². The van der Waals surface area contributed by atoms with Crippen LogP contribution in [0.15, 0.2) is 0 Å². The van der Waals surface area contributed by atoms with Gasteiger partial charge in [0.1, 0.15) is 5.78 Å². The molecule has 0 aromatic heterocycles. The molecule has 1 heterocycles. The molecule has 0 bridgehead atoms. The van der Waals surface area contributed by atoms with Gasteiger partial charge in [-0.25, -0.2) is 0 Å². The molecule has 1 aliphatic rings. The number of piperidine rings is 1. The molecule has 0 spiro atoms. The average Bonchev–Trinajstić information content (AvgIpc) is 2.07. The lowest BCUT2D eigenvalue weighted by Gasteiger charge is -2.28. The number of carbonyl (C=O) groups is 1. The molecular weight excluding hydrogens is 199 g/mol. The quantitative estimate of drug-likeness (QED) is 0.726. The minimum absolute atomic E-state index is 0.0720. The number of likely N-dealkylation sites (tertiary alicyclic amines) is 1. The van der Waals surface area contributed by atoms with Crippen LogP contribution in [-0.4, -0.2) is 47.7 Å². The highest BCUT2D eigenvalue weighted by Gasteiger charge is 2.39. The number of carbonyl (C=O) groups excluding carboxylic acids is 1. The molecule has 1 unspecified atom stereocenters. The van der Waals surface area contributed by atoms with E-state index in [0.29, 0.717) is 13.1 Å². The minimum atomic E-state index is -4.57. The Kier molecular flexibility index (Phi) is 3.49. The van der Waals surface area contributed by atoms with E-state index in [-0.39, 0.29) is 18.6 Å². The third-order valence-electron chi connectivity index (χ3n) is 2.22. The van der Waals surface area contributed by atoms with E-state index < -0.39 is 18.8 Å². The molecule has 1 atom stereocenters. The lowest BCUT2D eigenvalue weighted by atomic mass is 10.1. The Morgan fingerprint density at radius 2 is 1.86 bits per heavy atom. The number of hydrogen-bond acceptors (Lipinski definition) is 3. The molecule has 0 aliphatic carbocycles. The summed E-state index contributed by atoms with van der Waals surface area (Å²) in [5.74, 6) is 0.0720. The summed E-state index contributed by atoms with van der Waals surface area (Å²) in [5, 5.41) is 8.75. The molecule has 82 valence electrons. The third kappa shape index (κ3) is 3.26. The summed E-state index contributed by atoms with van der Waals surface area (Å²) in [6.45, 7) is 0.189. The Hall–Kier alpha value is -0.620. The number of hydrogen-bond donors (Lipinski definition) is 1. The number of rotatable bonds is 2. The van der Waals surface area contributed by atoms with Crippen LogP contribution in [0.5, 0.6) is 0 Å². The van der Waals surface area contributed by atoms with Gasteiger partial charge in [0.25, 0.3) is 0 Å². The van der Waals surface area contributed by atoms with Crippen molar-refractivity contribution in [3.05, 3.63) is 0 Å². The van der Waals surface area contributed by atoms with E-state index in [9.17, 15) is 18.0 Å². The zero-order valence-corrected chi connectivity index (χ0v) is 7.55. The lowest BCUT2D eigenvalue weighted by Crippen LogP contribution is -2.44. The Labute approximate surface area is 79.5 Å². The third-order valence-corrected chi connectivity index (χ3v) is 2.22.